The van der Waals surface area contributed by atoms with Gasteiger partial charge < -0.3 is 25.5 Å². The van der Waals surface area contributed by atoms with Crippen LogP contribution in [0, 0.1) is 0 Å². The number of hydrogen-bond donors (Lipinski definition) is 5. The Balaban J connectivity index is 4.62. The van der Waals surface area contributed by atoms with Crippen molar-refractivity contribution in [3.8, 4) is 0 Å². The highest BCUT2D eigenvalue weighted by Gasteiger charge is 2.39. The molecule has 0 rings (SSSR count). The van der Waals surface area contributed by atoms with E-state index < -0.39 is 27.1 Å². The molecule has 0 saturated heterocycles. The van der Waals surface area contributed by atoms with Crippen LogP contribution in [0.4, 0.5) is 0 Å². The number of hydrogen-bond acceptors (Lipinski definition) is 4. The van der Waals surface area contributed by atoms with Crippen molar-refractivity contribution >= 4 is 15.6 Å². The number of aliphatic hydroxyl groups is 1. The van der Waals surface area contributed by atoms with Crippen molar-refractivity contribution in [1.29, 1.82) is 0 Å². The minimum atomic E-state index is -4.74. The first-order valence-electron chi connectivity index (χ1n) is 3.47. The third-order valence-electron chi connectivity index (χ3n) is 1.44. The van der Waals surface area contributed by atoms with Crippen LogP contribution in [0.5, 0.6) is 0 Å². The average molecular weight is 233 g/mol. The molecule has 0 radical (unpaired) electrons. The van der Waals surface area contributed by atoms with Gasteiger partial charge in [-0.1, -0.05) is 0 Å². The second-order valence-corrected chi connectivity index (χ2v) is 6.04. The molecule has 0 fully saturated rings. The van der Waals surface area contributed by atoms with Crippen LogP contribution >= 0.6 is 15.6 Å². The van der Waals surface area contributed by atoms with E-state index in [0.29, 0.717) is 0 Å². The molecular weight excluding hydrogens is 220 g/mol. The Hall–Kier alpha value is 0.260. The van der Waals surface area contributed by atoms with Crippen LogP contribution in [0.25, 0.3) is 0 Å². The molecule has 0 bridgehead atoms. The Morgan fingerprint density at radius 2 is 1.92 bits per heavy atom. The van der Waals surface area contributed by atoms with E-state index >= 15 is 0 Å². The Morgan fingerprint density at radius 1 is 1.46 bits per heavy atom. The molecule has 0 aromatic heterocycles. The van der Waals surface area contributed by atoms with Gasteiger partial charge in [-0.25, -0.2) is 0 Å². The standard InChI is InChI=1S/C4H13NO6P2/c5-2-1-3(6)4(12(7)8)13(9,10)11/h3-4,6,12H,1-2,5H2,(H,7,8)(H2,9,10,11). The lowest BCUT2D eigenvalue weighted by Crippen LogP contribution is -2.25. The van der Waals surface area contributed by atoms with Gasteiger partial charge >= 0.3 is 7.60 Å². The van der Waals surface area contributed by atoms with Crippen LogP contribution in [0.3, 0.4) is 0 Å². The summed E-state index contributed by atoms with van der Waals surface area (Å²) in [6, 6.07) is 0. The van der Waals surface area contributed by atoms with E-state index in [9.17, 15) is 9.13 Å². The van der Waals surface area contributed by atoms with Gasteiger partial charge in [0.15, 0.2) is 5.40 Å². The van der Waals surface area contributed by atoms with E-state index in [4.69, 9.17) is 25.5 Å². The summed E-state index contributed by atoms with van der Waals surface area (Å²) in [4.78, 5) is 25.8. The minimum absolute atomic E-state index is 0.00713. The number of nitrogens with two attached hydrogens (primary N) is 1. The zero-order chi connectivity index (χ0) is 10.6. The molecule has 80 valence electrons. The summed E-state index contributed by atoms with van der Waals surface area (Å²) >= 11 is 0. The summed E-state index contributed by atoms with van der Waals surface area (Å²) in [5.41, 5.74) is 5.03. The van der Waals surface area contributed by atoms with Crippen molar-refractivity contribution in [3.63, 3.8) is 0 Å². The van der Waals surface area contributed by atoms with Crippen LogP contribution < -0.4 is 5.73 Å². The van der Waals surface area contributed by atoms with Gasteiger partial charge in [0.05, 0.1) is 6.10 Å². The van der Waals surface area contributed by atoms with Crippen LogP contribution in [-0.4, -0.2) is 37.8 Å². The highest BCUT2D eigenvalue weighted by molar-refractivity contribution is 7.65. The Morgan fingerprint density at radius 3 is 2.15 bits per heavy atom. The highest BCUT2D eigenvalue weighted by atomic mass is 31.2. The van der Waals surface area contributed by atoms with E-state index in [1.165, 1.54) is 0 Å². The van der Waals surface area contributed by atoms with Gasteiger partial charge in [0, 0.05) is 0 Å². The molecule has 0 aliphatic heterocycles. The van der Waals surface area contributed by atoms with E-state index in [1.807, 2.05) is 0 Å². The summed E-state index contributed by atoms with van der Waals surface area (Å²) < 4.78 is 21.2. The Kier molecular flexibility index (Phi) is 5.32. The molecule has 6 N–H and O–H groups in total. The average Bonchev–Trinajstić information content (AvgIpc) is 1.82. The van der Waals surface area contributed by atoms with Crippen molar-refractivity contribution in [2.45, 2.75) is 17.9 Å². The maximum atomic E-state index is 10.6. The Labute approximate surface area is 75.6 Å². The first kappa shape index (κ1) is 13.3. The zero-order valence-corrected chi connectivity index (χ0v) is 8.59. The van der Waals surface area contributed by atoms with Crippen LogP contribution in [-0.2, 0) is 9.13 Å². The normalized spacial score (nSPS) is 19.5. The molecule has 0 aromatic carbocycles. The van der Waals surface area contributed by atoms with Gasteiger partial charge in [-0.2, -0.15) is 0 Å². The monoisotopic (exact) mass is 233 g/mol. The molecule has 0 amide bonds. The van der Waals surface area contributed by atoms with Crippen LogP contribution in [0.15, 0.2) is 0 Å². The van der Waals surface area contributed by atoms with Gasteiger partial charge in [0.25, 0.3) is 0 Å². The van der Waals surface area contributed by atoms with Crippen LogP contribution in [0.2, 0.25) is 0 Å². The van der Waals surface area contributed by atoms with Crippen molar-refractivity contribution in [2.75, 3.05) is 6.54 Å². The first-order chi connectivity index (χ1) is 5.80. The Bertz CT molecular complexity index is 227. The molecule has 0 saturated carbocycles. The predicted octanol–water partition coefficient (Wildman–Crippen LogP) is -1.33. The third-order valence-corrected chi connectivity index (χ3v) is 5.07. The molecule has 3 unspecified atom stereocenters. The zero-order valence-electron chi connectivity index (χ0n) is 6.70. The van der Waals surface area contributed by atoms with Crippen molar-refractivity contribution < 1.29 is 28.9 Å². The third kappa shape index (κ3) is 4.33. The fourth-order valence-corrected chi connectivity index (χ4v) is 3.11. The molecule has 0 aliphatic carbocycles. The molecule has 9 heteroatoms. The van der Waals surface area contributed by atoms with Gasteiger partial charge in [0.2, 0.25) is 8.03 Å². The predicted molar refractivity (Wildman–Crippen MR) is 46.7 cm³/mol. The molecule has 0 spiro atoms. The molecule has 13 heavy (non-hydrogen) atoms. The smallest absolute Gasteiger partial charge is 0.340 e. The first-order valence-corrected chi connectivity index (χ1v) is 6.58. The van der Waals surface area contributed by atoms with Gasteiger partial charge in [0.1, 0.15) is 0 Å². The number of rotatable bonds is 5. The number of aliphatic hydroxyl groups excluding tert-OH is 1. The SMILES string of the molecule is NCCC(O)C([PH](=O)O)P(=O)(O)O. The molecular formula is C4H13NO6P2. The molecule has 0 aromatic rings. The molecule has 0 aliphatic rings. The van der Waals surface area contributed by atoms with Gasteiger partial charge in [-0.05, 0) is 13.0 Å². The largest absolute Gasteiger partial charge is 0.392 e. The second kappa shape index (κ2) is 5.22. The maximum Gasteiger partial charge on any atom is 0.340 e. The molecule has 7 nitrogen and oxygen atoms in total. The van der Waals surface area contributed by atoms with E-state index in [-0.39, 0.29) is 13.0 Å². The second-order valence-electron chi connectivity index (χ2n) is 2.52. The maximum absolute atomic E-state index is 10.6. The van der Waals surface area contributed by atoms with Gasteiger partial charge in [-0.3, -0.25) is 9.13 Å². The van der Waals surface area contributed by atoms with Crippen molar-refractivity contribution in [3.05, 3.63) is 0 Å². The van der Waals surface area contributed by atoms with Crippen LogP contribution in [0.1, 0.15) is 6.42 Å². The summed E-state index contributed by atoms with van der Waals surface area (Å²) in [6.45, 7) is -0.00713. The highest BCUT2D eigenvalue weighted by Crippen LogP contribution is 2.53. The lowest BCUT2D eigenvalue weighted by molar-refractivity contribution is 0.168. The van der Waals surface area contributed by atoms with E-state index in [1.54, 1.807) is 0 Å². The van der Waals surface area contributed by atoms with E-state index in [0.717, 1.165) is 0 Å². The summed E-state index contributed by atoms with van der Waals surface area (Å²) in [7, 11) is -8.21. The summed E-state index contributed by atoms with van der Waals surface area (Å²) in [5, 5.41) is 7.21. The van der Waals surface area contributed by atoms with Crippen molar-refractivity contribution in [2.24, 2.45) is 5.73 Å². The fourth-order valence-electron chi connectivity index (χ4n) is 0.861. The summed E-state index contributed by atoms with van der Waals surface area (Å²) in [5.74, 6) is 0. The van der Waals surface area contributed by atoms with Crippen molar-refractivity contribution in [1.82, 2.24) is 0 Å². The lowest BCUT2D eigenvalue weighted by Gasteiger charge is -2.20. The molecule has 0 heterocycles. The topological polar surface area (TPSA) is 141 Å². The minimum Gasteiger partial charge on any atom is -0.392 e. The molecule has 3 atom stereocenters. The quantitative estimate of drug-likeness (QED) is 0.370. The van der Waals surface area contributed by atoms with Gasteiger partial charge in [-0.15, -0.1) is 0 Å². The van der Waals surface area contributed by atoms with E-state index in [2.05, 4.69) is 0 Å². The lowest BCUT2D eigenvalue weighted by atomic mass is 10.3. The summed E-state index contributed by atoms with van der Waals surface area (Å²) in [6.07, 6.45) is -1.66. The fraction of sp³-hybridized carbons (Fsp3) is 1.00.